The molecule has 4 heteroatoms. The van der Waals surface area contributed by atoms with Crippen LogP contribution in [-0.2, 0) is 9.59 Å². The average Bonchev–Trinajstić information content (AvgIpc) is 2.70. The van der Waals surface area contributed by atoms with Crippen molar-refractivity contribution < 1.29 is 14.7 Å². The predicted molar refractivity (Wildman–Crippen MR) is 81.8 cm³/mol. The van der Waals surface area contributed by atoms with Crippen LogP contribution in [0.4, 0.5) is 0 Å². The Labute approximate surface area is 127 Å². The minimum absolute atomic E-state index is 0.148. The molecule has 1 saturated heterocycles. The molecule has 0 spiro atoms. The maximum absolute atomic E-state index is 12.5. The van der Waals surface area contributed by atoms with Gasteiger partial charge in [0, 0.05) is 19.5 Å². The summed E-state index contributed by atoms with van der Waals surface area (Å²) < 4.78 is 0. The first-order valence-corrected chi connectivity index (χ1v) is 8.12. The number of rotatable bonds is 3. The Kier molecular flexibility index (Phi) is 4.36. The van der Waals surface area contributed by atoms with Gasteiger partial charge in [0.05, 0.1) is 5.41 Å². The van der Waals surface area contributed by atoms with E-state index in [1.165, 1.54) is 6.42 Å². The van der Waals surface area contributed by atoms with Crippen LogP contribution in [0.25, 0.3) is 0 Å². The van der Waals surface area contributed by atoms with E-state index < -0.39 is 11.4 Å². The zero-order valence-electron chi connectivity index (χ0n) is 13.8. The molecule has 0 aromatic heterocycles. The highest BCUT2D eigenvalue weighted by Crippen LogP contribution is 2.43. The van der Waals surface area contributed by atoms with Gasteiger partial charge in [-0.3, -0.25) is 9.59 Å². The van der Waals surface area contributed by atoms with E-state index >= 15 is 0 Å². The van der Waals surface area contributed by atoms with Crippen molar-refractivity contribution in [2.24, 2.45) is 22.7 Å². The van der Waals surface area contributed by atoms with Crippen molar-refractivity contribution in [3.05, 3.63) is 0 Å². The smallest absolute Gasteiger partial charge is 0.311 e. The van der Waals surface area contributed by atoms with Crippen LogP contribution in [0, 0.1) is 22.7 Å². The highest BCUT2D eigenvalue weighted by molar-refractivity contribution is 5.80. The van der Waals surface area contributed by atoms with Crippen LogP contribution in [0.5, 0.6) is 0 Å². The molecule has 0 aromatic rings. The third-order valence-corrected chi connectivity index (χ3v) is 5.28. The van der Waals surface area contributed by atoms with E-state index in [2.05, 4.69) is 20.8 Å². The number of likely N-dealkylation sites (tertiary alicyclic amines) is 1. The third-order valence-electron chi connectivity index (χ3n) is 5.28. The van der Waals surface area contributed by atoms with Gasteiger partial charge in [-0.15, -0.1) is 0 Å². The number of carboxylic acid groups (broad SMARTS) is 1. The van der Waals surface area contributed by atoms with Crippen molar-refractivity contribution in [3.8, 4) is 0 Å². The monoisotopic (exact) mass is 295 g/mol. The molecule has 1 amide bonds. The largest absolute Gasteiger partial charge is 0.481 e. The van der Waals surface area contributed by atoms with Gasteiger partial charge in [-0.2, -0.15) is 0 Å². The van der Waals surface area contributed by atoms with E-state index in [1.807, 2.05) is 0 Å². The molecular formula is C17H29NO3. The van der Waals surface area contributed by atoms with E-state index in [0.717, 1.165) is 12.8 Å². The van der Waals surface area contributed by atoms with Crippen molar-refractivity contribution >= 4 is 11.9 Å². The molecule has 120 valence electrons. The van der Waals surface area contributed by atoms with E-state index in [-0.39, 0.29) is 5.91 Å². The standard InChI is InChI=1S/C17H29NO3/c1-12-7-13(10-16(2,3)9-12)8-14(19)18-6-5-17(4,11-18)15(20)21/h12-13H,5-11H2,1-4H3,(H,20,21). The van der Waals surface area contributed by atoms with Crippen molar-refractivity contribution in [3.63, 3.8) is 0 Å². The summed E-state index contributed by atoms with van der Waals surface area (Å²) in [6.07, 6.45) is 4.62. The van der Waals surface area contributed by atoms with Crippen molar-refractivity contribution in [2.45, 2.75) is 59.8 Å². The first-order valence-electron chi connectivity index (χ1n) is 8.12. The fraction of sp³-hybridized carbons (Fsp3) is 0.882. The Hall–Kier alpha value is -1.06. The molecule has 0 bridgehead atoms. The fourth-order valence-corrected chi connectivity index (χ4v) is 4.42. The quantitative estimate of drug-likeness (QED) is 0.870. The fourth-order valence-electron chi connectivity index (χ4n) is 4.42. The van der Waals surface area contributed by atoms with Crippen LogP contribution in [0.15, 0.2) is 0 Å². The number of carbonyl (C=O) groups is 2. The maximum Gasteiger partial charge on any atom is 0.311 e. The zero-order valence-corrected chi connectivity index (χ0v) is 13.8. The lowest BCUT2D eigenvalue weighted by molar-refractivity contribution is -0.147. The number of carbonyl (C=O) groups excluding carboxylic acids is 1. The summed E-state index contributed by atoms with van der Waals surface area (Å²) in [7, 11) is 0. The molecule has 1 saturated carbocycles. The SMILES string of the molecule is CC1CC(CC(=O)N2CCC(C)(C(=O)O)C2)CC(C)(C)C1. The topological polar surface area (TPSA) is 57.6 Å². The third kappa shape index (κ3) is 3.78. The molecular weight excluding hydrogens is 266 g/mol. The van der Waals surface area contributed by atoms with Gasteiger partial charge in [0.15, 0.2) is 0 Å². The Morgan fingerprint density at radius 3 is 2.43 bits per heavy atom. The second-order valence-electron chi connectivity index (χ2n) is 8.41. The van der Waals surface area contributed by atoms with Crippen LogP contribution < -0.4 is 0 Å². The number of hydrogen-bond donors (Lipinski definition) is 1. The van der Waals surface area contributed by atoms with Gasteiger partial charge in [-0.1, -0.05) is 20.8 Å². The van der Waals surface area contributed by atoms with E-state index in [4.69, 9.17) is 0 Å². The van der Waals surface area contributed by atoms with E-state index in [0.29, 0.717) is 43.2 Å². The lowest BCUT2D eigenvalue weighted by Gasteiger charge is -2.39. The minimum Gasteiger partial charge on any atom is -0.481 e. The lowest BCUT2D eigenvalue weighted by Crippen LogP contribution is -2.37. The molecule has 4 nitrogen and oxygen atoms in total. The molecule has 1 aliphatic carbocycles. The first kappa shape index (κ1) is 16.3. The Bertz CT molecular complexity index is 432. The summed E-state index contributed by atoms with van der Waals surface area (Å²) in [6.45, 7) is 9.55. The summed E-state index contributed by atoms with van der Waals surface area (Å²) in [4.78, 5) is 25.5. The van der Waals surface area contributed by atoms with Crippen molar-refractivity contribution in [1.82, 2.24) is 4.90 Å². The van der Waals surface area contributed by atoms with Gasteiger partial charge in [0.25, 0.3) is 0 Å². The first-order chi connectivity index (χ1) is 9.61. The molecule has 21 heavy (non-hydrogen) atoms. The summed E-state index contributed by atoms with van der Waals surface area (Å²) >= 11 is 0. The summed E-state index contributed by atoms with van der Waals surface area (Å²) in [5.74, 6) is 0.488. The Morgan fingerprint density at radius 2 is 1.90 bits per heavy atom. The number of hydrogen-bond acceptors (Lipinski definition) is 2. The van der Waals surface area contributed by atoms with Gasteiger partial charge in [0.2, 0.25) is 5.91 Å². The molecule has 2 aliphatic rings. The number of aliphatic carboxylic acids is 1. The molecule has 3 atom stereocenters. The van der Waals surface area contributed by atoms with Gasteiger partial charge >= 0.3 is 5.97 Å². The summed E-state index contributed by atoms with van der Waals surface area (Å²) in [6, 6.07) is 0. The molecule has 3 unspecified atom stereocenters. The molecule has 1 heterocycles. The van der Waals surface area contributed by atoms with Crippen LogP contribution in [-0.4, -0.2) is 35.0 Å². The number of nitrogens with zero attached hydrogens (tertiary/aromatic N) is 1. The highest BCUT2D eigenvalue weighted by atomic mass is 16.4. The van der Waals surface area contributed by atoms with E-state index in [9.17, 15) is 14.7 Å². The molecule has 2 fully saturated rings. The molecule has 1 N–H and O–H groups in total. The van der Waals surface area contributed by atoms with Crippen molar-refractivity contribution in [1.29, 1.82) is 0 Å². The van der Waals surface area contributed by atoms with Crippen LogP contribution in [0.2, 0.25) is 0 Å². The zero-order chi connectivity index (χ0) is 15.8. The highest BCUT2D eigenvalue weighted by Gasteiger charge is 2.42. The normalized spacial score (nSPS) is 35.7. The Morgan fingerprint density at radius 1 is 1.24 bits per heavy atom. The van der Waals surface area contributed by atoms with Gasteiger partial charge in [-0.25, -0.2) is 0 Å². The second kappa shape index (κ2) is 5.62. The van der Waals surface area contributed by atoms with Crippen LogP contribution in [0.3, 0.4) is 0 Å². The minimum atomic E-state index is -0.787. The summed E-state index contributed by atoms with van der Waals surface area (Å²) in [5.41, 5.74) is -0.433. The maximum atomic E-state index is 12.5. The second-order valence-corrected chi connectivity index (χ2v) is 8.41. The summed E-state index contributed by atoms with van der Waals surface area (Å²) in [5, 5.41) is 9.26. The van der Waals surface area contributed by atoms with Crippen LogP contribution >= 0.6 is 0 Å². The van der Waals surface area contributed by atoms with Gasteiger partial charge in [-0.05, 0) is 49.9 Å². The van der Waals surface area contributed by atoms with Crippen LogP contribution in [0.1, 0.15) is 59.8 Å². The predicted octanol–water partition coefficient (Wildman–Crippen LogP) is 3.16. The molecule has 0 aromatic carbocycles. The molecule has 2 rings (SSSR count). The number of amides is 1. The lowest BCUT2D eigenvalue weighted by atomic mass is 9.67. The van der Waals surface area contributed by atoms with Gasteiger partial charge in [0.1, 0.15) is 0 Å². The molecule has 1 aliphatic heterocycles. The van der Waals surface area contributed by atoms with E-state index in [1.54, 1.807) is 11.8 Å². The van der Waals surface area contributed by atoms with Crippen molar-refractivity contribution in [2.75, 3.05) is 13.1 Å². The number of carboxylic acids is 1. The Balaban J connectivity index is 1.92. The average molecular weight is 295 g/mol. The molecule has 0 radical (unpaired) electrons. The van der Waals surface area contributed by atoms with Gasteiger partial charge < -0.3 is 10.0 Å².